The zero-order chi connectivity index (χ0) is 32.9. The number of pyridine rings is 3. The van der Waals surface area contributed by atoms with Crippen molar-refractivity contribution in [3.63, 3.8) is 0 Å². The summed E-state index contributed by atoms with van der Waals surface area (Å²) in [7, 11) is -1.36. The summed E-state index contributed by atoms with van der Waals surface area (Å²) in [5.74, 6) is 0.869. The Morgan fingerprint density at radius 1 is 0.735 bits per heavy atom. The van der Waals surface area contributed by atoms with E-state index >= 15 is 0 Å². The van der Waals surface area contributed by atoms with Crippen LogP contribution in [0.25, 0.3) is 55.8 Å². The van der Waals surface area contributed by atoms with Gasteiger partial charge in [-0.05, 0) is 47.1 Å². The molecular weight excluding hydrogens is 795 g/mol. The zero-order valence-corrected chi connectivity index (χ0v) is 31.8. The first-order chi connectivity index (χ1) is 23.4. The molecule has 4 nitrogen and oxygen atoms in total. The van der Waals surface area contributed by atoms with Gasteiger partial charge in [0, 0.05) is 43.4 Å². The summed E-state index contributed by atoms with van der Waals surface area (Å²) in [6.07, 6.45) is 12.2. The fraction of sp³-hybridized carbons (Fsp3) is 0.233. The SMILES string of the molecule is C[Si](C)(C)c1cnc(-c2[c-]cccc2)cc1CC1CCCCC1.[Ir].[c-]1ccc2c(oc3nc(-c4ccccc4)ccc32)c1-c1ccccn1. The van der Waals surface area contributed by atoms with E-state index in [4.69, 9.17) is 14.4 Å². The van der Waals surface area contributed by atoms with Crippen molar-refractivity contribution in [2.45, 2.75) is 58.2 Å². The van der Waals surface area contributed by atoms with E-state index in [-0.39, 0.29) is 20.1 Å². The maximum Gasteiger partial charge on any atom is 0.216 e. The van der Waals surface area contributed by atoms with E-state index in [2.05, 4.69) is 67.2 Å². The van der Waals surface area contributed by atoms with Gasteiger partial charge in [-0.25, -0.2) is 4.98 Å². The van der Waals surface area contributed by atoms with E-state index in [0.717, 1.165) is 56.0 Å². The third-order valence-electron chi connectivity index (χ3n) is 9.31. The van der Waals surface area contributed by atoms with Crippen LogP contribution in [-0.2, 0) is 26.5 Å². The van der Waals surface area contributed by atoms with Crippen molar-refractivity contribution < 1.29 is 24.5 Å². The summed E-state index contributed by atoms with van der Waals surface area (Å²) in [5.41, 5.74) is 8.82. The molecule has 0 bridgehead atoms. The van der Waals surface area contributed by atoms with E-state index in [1.54, 1.807) is 16.9 Å². The van der Waals surface area contributed by atoms with E-state index in [1.165, 1.54) is 38.5 Å². The molecule has 0 saturated heterocycles. The van der Waals surface area contributed by atoms with Gasteiger partial charge in [-0.3, -0.25) is 0 Å². The summed E-state index contributed by atoms with van der Waals surface area (Å²) in [6, 6.07) is 41.0. The minimum Gasteiger partial charge on any atom is -0.486 e. The zero-order valence-electron chi connectivity index (χ0n) is 28.4. The summed E-state index contributed by atoms with van der Waals surface area (Å²) < 4.78 is 6.12. The number of aromatic nitrogens is 3. The summed E-state index contributed by atoms with van der Waals surface area (Å²) in [4.78, 5) is 13.9. The summed E-state index contributed by atoms with van der Waals surface area (Å²) in [6.45, 7) is 7.30. The van der Waals surface area contributed by atoms with Gasteiger partial charge in [-0.15, -0.1) is 54.1 Å². The summed E-state index contributed by atoms with van der Waals surface area (Å²) >= 11 is 0. The van der Waals surface area contributed by atoms with Gasteiger partial charge in [0.25, 0.3) is 0 Å². The standard InChI is InChI=1S/C22H13N2O.C21H28NSi.Ir/c1-2-7-15(8-3-1)19-13-12-17-16-9-6-10-18(20-11-4-5-14-23-20)21(16)25-22(17)24-19;1-23(2,3)21-16-22-20(18-12-8-5-9-13-18)15-19(21)14-17-10-6-4-7-11-17;/h1-9,11-14H;5,8-9,12,15-17H,4,6-7,10-11,14H2,1-3H3;/q2*-1;. The second-order valence-electron chi connectivity index (χ2n) is 13.8. The van der Waals surface area contributed by atoms with Crippen LogP contribution in [0.15, 0.2) is 120 Å². The Balaban J connectivity index is 0.000000167. The predicted octanol–water partition coefficient (Wildman–Crippen LogP) is 10.7. The van der Waals surface area contributed by atoms with Gasteiger partial charge in [0.1, 0.15) is 0 Å². The number of hydrogen-bond acceptors (Lipinski definition) is 4. The number of benzene rings is 3. The Morgan fingerprint density at radius 2 is 1.53 bits per heavy atom. The maximum atomic E-state index is 6.12. The van der Waals surface area contributed by atoms with Crippen LogP contribution < -0.4 is 5.19 Å². The second-order valence-corrected chi connectivity index (χ2v) is 18.8. The van der Waals surface area contributed by atoms with Crippen LogP contribution in [0.4, 0.5) is 0 Å². The van der Waals surface area contributed by atoms with Crippen molar-refractivity contribution in [2.75, 3.05) is 0 Å². The van der Waals surface area contributed by atoms with Crippen molar-refractivity contribution in [1.29, 1.82) is 0 Å². The third-order valence-corrected chi connectivity index (χ3v) is 11.4. The molecule has 1 radical (unpaired) electrons. The van der Waals surface area contributed by atoms with Crippen molar-refractivity contribution in [1.82, 2.24) is 15.0 Å². The second kappa shape index (κ2) is 15.5. The fourth-order valence-electron chi connectivity index (χ4n) is 6.84. The molecule has 7 aromatic rings. The molecule has 0 N–H and O–H groups in total. The first-order valence-electron chi connectivity index (χ1n) is 17.1. The smallest absolute Gasteiger partial charge is 0.216 e. The summed E-state index contributed by atoms with van der Waals surface area (Å²) in [5, 5.41) is 3.57. The Morgan fingerprint density at radius 3 is 2.27 bits per heavy atom. The molecule has 1 aliphatic rings. The van der Waals surface area contributed by atoms with E-state index in [0.29, 0.717) is 5.71 Å². The van der Waals surface area contributed by atoms with Crippen molar-refractivity contribution in [3.8, 4) is 33.8 Å². The van der Waals surface area contributed by atoms with Gasteiger partial charge >= 0.3 is 0 Å². The van der Waals surface area contributed by atoms with E-state index in [1.807, 2.05) is 78.9 Å². The number of hydrogen-bond donors (Lipinski definition) is 0. The van der Waals surface area contributed by atoms with Gasteiger partial charge in [-0.1, -0.05) is 117 Å². The first-order valence-corrected chi connectivity index (χ1v) is 20.6. The minimum absolute atomic E-state index is 0. The number of fused-ring (bicyclic) bond motifs is 3. The molecule has 1 aliphatic carbocycles. The van der Waals surface area contributed by atoms with E-state index in [9.17, 15) is 0 Å². The van der Waals surface area contributed by atoms with Gasteiger partial charge in [0.15, 0.2) is 0 Å². The number of nitrogens with zero attached hydrogens (tertiary/aromatic N) is 3. The van der Waals surface area contributed by atoms with Crippen molar-refractivity contribution in [2.24, 2.45) is 5.92 Å². The van der Waals surface area contributed by atoms with Crippen molar-refractivity contribution in [3.05, 3.63) is 133 Å². The molecule has 1 fully saturated rings. The third kappa shape index (κ3) is 7.99. The average molecular weight is 836 g/mol. The van der Waals surface area contributed by atoms with Crippen molar-refractivity contribution >= 4 is 35.3 Å². The predicted molar refractivity (Wildman–Crippen MR) is 201 cm³/mol. The number of rotatable bonds is 6. The monoisotopic (exact) mass is 836 g/mol. The van der Waals surface area contributed by atoms with Gasteiger partial charge < -0.3 is 14.4 Å². The van der Waals surface area contributed by atoms with Crippen LogP contribution >= 0.6 is 0 Å². The molecule has 8 rings (SSSR count). The molecule has 6 heteroatoms. The Bertz CT molecular complexity index is 2120. The van der Waals surface area contributed by atoms with Crippen LogP contribution in [0.1, 0.15) is 37.7 Å². The molecule has 49 heavy (non-hydrogen) atoms. The van der Waals surface area contributed by atoms with Crippen LogP contribution in [0.5, 0.6) is 0 Å². The molecule has 0 aliphatic heterocycles. The quantitative estimate of drug-likeness (QED) is 0.124. The average Bonchev–Trinajstić information content (AvgIpc) is 3.51. The molecule has 0 unspecified atom stereocenters. The minimum atomic E-state index is -1.36. The molecule has 0 amide bonds. The molecule has 0 atom stereocenters. The molecule has 4 aromatic heterocycles. The normalized spacial score (nSPS) is 13.4. The molecule has 1 saturated carbocycles. The largest absolute Gasteiger partial charge is 0.486 e. The van der Waals surface area contributed by atoms with Crippen LogP contribution in [0.3, 0.4) is 0 Å². The fourth-order valence-corrected chi connectivity index (χ4v) is 8.43. The maximum absolute atomic E-state index is 6.12. The topological polar surface area (TPSA) is 51.8 Å². The van der Waals surface area contributed by atoms with Crippen LogP contribution in [0, 0.1) is 18.1 Å². The molecular formula is C43H41IrN3OSi-2. The van der Waals surface area contributed by atoms with Crippen LogP contribution in [-0.4, -0.2) is 23.0 Å². The molecule has 249 valence electrons. The number of furan rings is 1. The first kappa shape index (κ1) is 34.6. The Kier molecular flexibility index (Phi) is 11.0. The van der Waals surface area contributed by atoms with E-state index < -0.39 is 8.07 Å². The van der Waals surface area contributed by atoms with Gasteiger partial charge in [0.2, 0.25) is 5.71 Å². The van der Waals surface area contributed by atoms with Gasteiger partial charge in [-0.2, -0.15) is 0 Å². The Hall–Kier alpha value is -4.22. The molecule has 0 spiro atoms. The Labute approximate surface area is 304 Å². The molecule has 4 heterocycles. The van der Waals surface area contributed by atoms with Gasteiger partial charge in [0.05, 0.1) is 19.4 Å². The van der Waals surface area contributed by atoms with Crippen LogP contribution in [0.2, 0.25) is 19.6 Å². The molecule has 3 aromatic carbocycles.